The monoisotopic (exact) mass is 429 g/mol. The number of nitrogens with one attached hydrogen (secondary N) is 2. The molecule has 2 amide bonds. The second kappa shape index (κ2) is 7.78. The summed E-state index contributed by atoms with van der Waals surface area (Å²) in [5.74, 6) is 0. The van der Waals surface area contributed by atoms with E-state index in [4.69, 9.17) is 11.6 Å². The van der Waals surface area contributed by atoms with Crippen LogP contribution >= 0.6 is 11.6 Å². The number of hydrogen-bond acceptors (Lipinski definition) is 1. The predicted molar refractivity (Wildman–Crippen MR) is 127 cm³/mol. The summed E-state index contributed by atoms with van der Waals surface area (Å²) in [7, 11) is 0. The molecule has 0 spiro atoms. The number of H-pyrrole nitrogens is 1. The van der Waals surface area contributed by atoms with E-state index in [9.17, 15) is 4.79 Å². The number of halogens is 1. The first-order valence-electron chi connectivity index (χ1n) is 10.5. The molecular weight excluding hydrogens is 406 g/mol. The molecule has 31 heavy (non-hydrogen) atoms. The standard InChI is InChI=1S/C26H24ClN3O/c1-16-6-8-18(9-7-16)25-24-21(22-15-19(27)10-11-23(22)29-24)12-13-30(25)26(31)28-20-5-3-4-17(2)14-20/h3-11,14-15,25,29H,12-13H2,1-2H3,(H,28,31)/t25-/m1/s1. The van der Waals surface area contributed by atoms with Crippen molar-refractivity contribution in [1.82, 2.24) is 9.88 Å². The van der Waals surface area contributed by atoms with Crippen LogP contribution in [0.5, 0.6) is 0 Å². The number of benzene rings is 3. The number of nitrogens with zero attached hydrogens (tertiary/aromatic N) is 1. The highest BCUT2D eigenvalue weighted by Gasteiger charge is 2.34. The lowest BCUT2D eigenvalue weighted by Gasteiger charge is -2.36. The van der Waals surface area contributed by atoms with E-state index in [1.807, 2.05) is 54.3 Å². The first-order chi connectivity index (χ1) is 15.0. The molecule has 5 rings (SSSR count). The Bertz CT molecular complexity index is 1280. The average Bonchev–Trinajstić information content (AvgIpc) is 3.11. The van der Waals surface area contributed by atoms with Crippen LogP contribution in [-0.2, 0) is 6.42 Å². The zero-order valence-corrected chi connectivity index (χ0v) is 18.3. The third kappa shape index (κ3) is 3.68. The number of fused-ring (bicyclic) bond motifs is 3. The Morgan fingerprint density at radius 2 is 1.84 bits per heavy atom. The number of hydrogen-bond donors (Lipinski definition) is 2. The van der Waals surface area contributed by atoms with Gasteiger partial charge in [-0.15, -0.1) is 0 Å². The third-order valence-corrected chi connectivity index (χ3v) is 6.25. The molecule has 2 N–H and O–H groups in total. The van der Waals surface area contributed by atoms with Crippen molar-refractivity contribution in [2.45, 2.75) is 26.3 Å². The molecule has 1 aliphatic heterocycles. The van der Waals surface area contributed by atoms with Crippen molar-refractivity contribution in [3.8, 4) is 0 Å². The predicted octanol–water partition coefficient (Wildman–Crippen LogP) is 6.62. The molecule has 0 radical (unpaired) electrons. The van der Waals surface area contributed by atoms with Crippen LogP contribution in [0.2, 0.25) is 5.02 Å². The van der Waals surface area contributed by atoms with Crippen molar-refractivity contribution in [2.75, 3.05) is 11.9 Å². The van der Waals surface area contributed by atoms with Gasteiger partial charge in [0.15, 0.2) is 0 Å². The summed E-state index contributed by atoms with van der Waals surface area (Å²) in [4.78, 5) is 18.9. The minimum absolute atomic E-state index is 0.0986. The largest absolute Gasteiger partial charge is 0.356 e. The molecule has 0 bridgehead atoms. The molecule has 0 unspecified atom stereocenters. The number of carbonyl (C=O) groups excluding carboxylic acids is 1. The maximum absolute atomic E-state index is 13.4. The van der Waals surface area contributed by atoms with Gasteiger partial charge in [-0.1, -0.05) is 53.6 Å². The van der Waals surface area contributed by atoms with E-state index < -0.39 is 0 Å². The molecule has 0 saturated heterocycles. The molecule has 2 heterocycles. The first-order valence-corrected chi connectivity index (χ1v) is 10.9. The lowest BCUT2D eigenvalue weighted by Crippen LogP contribution is -2.43. The summed E-state index contributed by atoms with van der Waals surface area (Å²) >= 11 is 6.28. The van der Waals surface area contributed by atoms with Crippen LogP contribution in [0, 0.1) is 13.8 Å². The summed E-state index contributed by atoms with van der Waals surface area (Å²) in [6.45, 7) is 4.72. The summed E-state index contributed by atoms with van der Waals surface area (Å²) in [5, 5.41) is 4.95. The smallest absolute Gasteiger partial charge is 0.322 e. The molecule has 156 valence electrons. The maximum Gasteiger partial charge on any atom is 0.322 e. The maximum atomic E-state index is 13.4. The zero-order valence-electron chi connectivity index (χ0n) is 17.6. The van der Waals surface area contributed by atoms with Crippen molar-refractivity contribution >= 4 is 34.2 Å². The minimum Gasteiger partial charge on any atom is -0.356 e. The van der Waals surface area contributed by atoms with Gasteiger partial charge in [-0.2, -0.15) is 0 Å². The topological polar surface area (TPSA) is 48.1 Å². The van der Waals surface area contributed by atoms with Crippen molar-refractivity contribution in [1.29, 1.82) is 0 Å². The Morgan fingerprint density at radius 3 is 2.61 bits per heavy atom. The van der Waals surface area contributed by atoms with Gasteiger partial charge in [0.25, 0.3) is 0 Å². The van der Waals surface area contributed by atoms with Gasteiger partial charge in [-0.25, -0.2) is 4.79 Å². The normalized spacial score (nSPS) is 15.7. The lowest BCUT2D eigenvalue weighted by molar-refractivity contribution is 0.193. The van der Waals surface area contributed by atoms with Gasteiger partial charge in [-0.05, 0) is 67.3 Å². The number of anilines is 1. The number of aromatic amines is 1. The fourth-order valence-corrected chi connectivity index (χ4v) is 4.67. The number of aromatic nitrogens is 1. The van der Waals surface area contributed by atoms with Crippen molar-refractivity contribution in [3.05, 3.63) is 99.7 Å². The molecule has 1 aromatic heterocycles. The number of urea groups is 1. The highest BCUT2D eigenvalue weighted by atomic mass is 35.5. The highest BCUT2D eigenvalue weighted by Crippen LogP contribution is 2.39. The number of aryl methyl sites for hydroxylation is 2. The summed E-state index contributed by atoms with van der Waals surface area (Å²) in [6.07, 6.45) is 0.777. The molecule has 3 aromatic carbocycles. The van der Waals surface area contributed by atoms with Crippen molar-refractivity contribution in [3.63, 3.8) is 0 Å². The van der Waals surface area contributed by atoms with E-state index in [1.54, 1.807) is 0 Å². The van der Waals surface area contributed by atoms with Crippen molar-refractivity contribution in [2.24, 2.45) is 0 Å². The molecule has 4 aromatic rings. The van der Waals surface area contributed by atoms with Gasteiger partial charge >= 0.3 is 6.03 Å². The van der Waals surface area contributed by atoms with Crippen LogP contribution in [0.3, 0.4) is 0 Å². The second-order valence-corrected chi connectivity index (χ2v) is 8.70. The van der Waals surface area contributed by atoms with E-state index in [0.29, 0.717) is 6.54 Å². The van der Waals surface area contributed by atoms with E-state index >= 15 is 0 Å². The lowest BCUT2D eigenvalue weighted by atomic mass is 9.92. The Kier molecular flexibility index (Phi) is 4.95. The SMILES string of the molecule is Cc1ccc([C@@H]2c3[nH]c4ccc(Cl)cc4c3CCN2C(=O)Nc2cccc(C)c2)cc1. The molecular formula is C26H24ClN3O. The van der Waals surface area contributed by atoms with E-state index in [-0.39, 0.29) is 12.1 Å². The van der Waals surface area contributed by atoms with Crippen LogP contribution < -0.4 is 5.32 Å². The third-order valence-electron chi connectivity index (χ3n) is 6.01. The second-order valence-electron chi connectivity index (χ2n) is 8.26. The van der Waals surface area contributed by atoms with Crippen LogP contribution in [0.1, 0.15) is 34.0 Å². The van der Waals surface area contributed by atoms with Gasteiger partial charge in [0.2, 0.25) is 0 Å². The van der Waals surface area contributed by atoms with Gasteiger partial charge in [-0.3, -0.25) is 0 Å². The van der Waals surface area contributed by atoms with E-state index in [2.05, 4.69) is 41.5 Å². The van der Waals surface area contributed by atoms with Crippen molar-refractivity contribution < 1.29 is 4.79 Å². The van der Waals surface area contributed by atoms with Gasteiger partial charge in [0.05, 0.1) is 6.04 Å². The molecule has 1 aliphatic rings. The summed E-state index contributed by atoms with van der Waals surface area (Å²) in [6, 6.07) is 21.9. The molecule has 0 fully saturated rings. The Morgan fingerprint density at radius 1 is 1.03 bits per heavy atom. The molecule has 0 saturated carbocycles. The summed E-state index contributed by atoms with van der Waals surface area (Å²) < 4.78 is 0. The van der Waals surface area contributed by atoms with Crippen LogP contribution in [0.15, 0.2) is 66.7 Å². The Hall–Kier alpha value is -3.24. The molecule has 4 nitrogen and oxygen atoms in total. The van der Waals surface area contributed by atoms with Crippen LogP contribution in [0.4, 0.5) is 10.5 Å². The van der Waals surface area contributed by atoms with E-state index in [0.717, 1.165) is 44.9 Å². The Balaban J connectivity index is 1.59. The quantitative estimate of drug-likeness (QED) is 0.369. The molecule has 5 heteroatoms. The zero-order chi connectivity index (χ0) is 21.5. The number of carbonyl (C=O) groups is 1. The fourth-order valence-electron chi connectivity index (χ4n) is 4.49. The Labute approximate surface area is 186 Å². The van der Waals surface area contributed by atoms with Gasteiger partial charge in [0.1, 0.15) is 0 Å². The first kappa shape index (κ1) is 19.7. The van der Waals surface area contributed by atoms with Crippen LogP contribution in [0.25, 0.3) is 10.9 Å². The van der Waals surface area contributed by atoms with Crippen LogP contribution in [-0.4, -0.2) is 22.5 Å². The number of amides is 2. The van der Waals surface area contributed by atoms with Gasteiger partial charge < -0.3 is 15.2 Å². The minimum atomic E-state index is -0.194. The number of rotatable bonds is 2. The molecule has 0 aliphatic carbocycles. The molecule has 1 atom stereocenters. The van der Waals surface area contributed by atoms with E-state index in [1.165, 1.54) is 11.1 Å². The fraction of sp³-hybridized carbons (Fsp3) is 0.192. The summed E-state index contributed by atoms with van der Waals surface area (Å²) in [5.41, 5.74) is 7.55. The highest BCUT2D eigenvalue weighted by molar-refractivity contribution is 6.31. The average molecular weight is 430 g/mol. The van der Waals surface area contributed by atoms with Gasteiger partial charge in [0, 0.05) is 33.9 Å².